The summed E-state index contributed by atoms with van der Waals surface area (Å²) in [6, 6.07) is -0.734. The van der Waals surface area contributed by atoms with Gasteiger partial charge in [-0.2, -0.15) is 0 Å². The standard InChI is InChI=1S/C12H17N3OS.C11H16N2O4.C4H10/c1-12(2)8-6-15(7-9(8)12)10(16)5-14-11-13-3-4-17-11;1-17-10(16)8(12-6-14)4-7-5-11(2-3-11)13-9(7)15;1-4(2)3/h3-4,8-9H,5-7H2,1-2H3,(H,13,14);6-8H,2-5H2,1H3,(H,12,14)(H,13,15);4H,1-3H3. The van der Waals surface area contributed by atoms with Gasteiger partial charge in [0.2, 0.25) is 18.2 Å². The van der Waals surface area contributed by atoms with E-state index in [-0.39, 0.29) is 23.3 Å². The Morgan fingerprint density at radius 3 is 2.37 bits per heavy atom. The van der Waals surface area contributed by atoms with Crippen molar-refractivity contribution in [2.75, 3.05) is 32.1 Å². The number of esters is 1. The van der Waals surface area contributed by atoms with Crippen LogP contribution in [0.15, 0.2) is 11.6 Å². The zero-order chi connectivity index (χ0) is 28.1. The molecule has 2 aliphatic heterocycles. The van der Waals surface area contributed by atoms with Crippen LogP contribution in [0.1, 0.15) is 60.3 Å². The molecule has 1 aromatic heterocycles. The summed E-state index contributed by atoms with van der Waals surface area (Å²) in [7, 11) is 1.26. The van der Waals surface area contributed by atoms with E-state index in [1.807, 2.05) is 10.3 Å². The van der Waals surface area contributed by atoms with Crippen LogP contribution in [-0.2, 0) is 23.9 Å². The van der Waals surface area contributed by atoms with Gasteiger partial charge in [-0.05, 0) is 48.9 Å². The zero-order valence-corrected chi connectivity index (χ0v) is 24.2. The van der Waals surface area contributed by atoms with Gasteiger partial charge in [-0.3, -0.25) is 14.4 Å². The Bertz CT molecular complexity index is 962. The van der Waals surface area contributed by atoms with E-state index in [1.165, 1.54) is 18.4 Å². The molecule has 4 unspecified atom stereocenters. The van der Waals surface area contributed by atoms with Gasteiger partial charge in [0, 0.05) is 36.1 Å². The highest BCUT2D eigenvalue weighted by Crippen LogP contribution is 2.61. The lowest BCUT2D eigenvalue weighted by molar-refractivity contribution is -0.144. The molecule has 0 bridgehead atoms. The van der Waals surface area contributed by atoms with Crippen LogP contribution in [0.25, 0.3) is 0 Å². The molecule has 1 aromatic rings. The van der Waals surface area contributed by atoms with Gasteiger partial charge in [0.25, 0.3) is 0 Å². The van der Waals surface area contributed by atoms with E-state index in [2.05, 4.69) is 60.3 Å². The van der Waals surface area contributed by atoms with Crippen LogP contribution in [0.4, 0.5) is 5.13 Å². The summed E-state index contributed by atoms with van der Waals surface area (Å²) in [5.74, 6) is 1.74. The maximum Gasteiger partial charge on any atom is 0.328 e. The van der Waals surface area contributed by atoms with Gasteiger partial charge in [0.15, 0.2) is 5.13 Å². The monoisotopic (exact) mass is 549 g/mol. The van der Waals surface area contributed by atoms with Crippen LogP contribution in [0.3, 0.4) is 0 Å². The fourth-order valence-electron chi connectivity index (χ4n) is 5.30. The number of hydrogen-bond acceptors (Lipinski definition) is 8. The van der Waals surface area contributed by atoms with Crippen LogP contribution in [0.5, 0.6) is 0 Å². The molecule has 5 rings (SSSR count). The number of thiazole rings is 1. The molecule has 11 heteroatoms. The number of fused-ring (bicyclic) bond motifs is 1. The second-order valence-corrected chi connectivity index (χ2v) is 12.9. The summed E-state index contributed by atoms with van der Waals surface area (Å²) < 4.78 is 4.59. The van der Waals surface area contributed by atoms with Crippen molar-refractivity contribution in [3.05, 3.63) is 11.6 Å². The number of hydrogen-bond donors (Lipinski definition) is 3. The topological polar surface area (TPSA) is 130 Å². The van der Waals surface area contributed by atoms with Gasteiger partial charge >= 0.3 is 5.97 Å². The van der Waals surface area contributed by atoms with Gasteiger partial charge in [0.1, 0.15) is 6.04 Å². The molecule has 2 aliphatic carbocycles. The Morgan fingerprint density at radius 2 is 1.89 bits per heavy atom. The largest absolute Gasteiger partial charge is 0.467 e. The average molecular weight is 550 g/mol. The Morgan fingerprint density at radius 1 is 1.26 bits per heavy atom. The number of ether oxygens (including phenoxy) is 1. The van der Waals surface area contributed by atoms with Gasteiger partial charge in [-0.15, -0.1) is 11.3 Å². The van der Waals surface area contributed by atoms with Crippen LogP contribution in [0, 0.1) is 29.1 Å². The van der Waals surface area contributed by atoms with Crippen molar-refractivity contribution in [2.24, 2.45) is 29.1 Å². The third kappa shape index (κ3) is 7.68. The fourth-order valence-corrected chi connectivity index (χ4v) is 5.83. The maximum absolute atomic E-state index is 12.0. The van der Waals surface area contributed by atoms with Crippen molar-refractivity contribution in [2.45, 2.75) is 71.9 Å². The Balaban J connectivity index is 0.000000185. The number of aromatic nitrogens is 1. The second-order valence-electron chi connectivity index (χ2n) is 12.0. The summed E-state index contributed by atoms with van der Waals surface area (Å²) >= 11 is 1.52. The summed E-state index contributed by atoms with van der Waals surface area (Å²) in [5.41, 5.74) is 0.461. The average Bonchev–Trinajstić information content (AvgIpc) is 3.38. The van der Waals surface area contributed by atoms with Gasteiger partial charge in [-0.25, -0.2) is 9.78 Å². The number of likely N-dealkylation sites (tertiary alicyclic amines) is 1. The summed E-state index contributed by atoms with van der Waals surface area (Å²) in [4.78, 5) is 51.6. The minimum absolute atomic E-state index is 0.0103. The molecule has 38 heavy (non-hydrogen) atoms. The highest BCUT2D eigenvalue weighted by Gasteiger charge is 2.62. The van der Waals surface area contributed by atoms with Crippen molar-refractivity contribution in [3.8, 4) is 0 Å². The number of nitrogens with one attached hydrogen (secondary N) is 3. The molecule has 10 nitrogen and oxygen atoms in total. The van der Waals surface area contributed by atoms with Crippen LogP contribution in [-0.4, -0.2) is 72.4 Å². The molecule has 0 aromatic carbocycles. The predicted molar refractivity (Wildman–Crippen MR) is 146 cm³/mol. The third-order valence-corrected chi connectivity index (χ3v) is 8.55. The minimum Gasteiger partial charge on any atom is -0.467 e. The highest BCUT2D eigenvalue weighted by molar-refractivity contribution is 7.13. The number of amides is 3. The molecule has 3 amide bonds. The van der Waals surface area contributed by atoms with Crippen molar-refractivity contribution in [3.63, 3.8) is 0 Å². The summed E-state index contributed by atoms with van der Waals surface area (Å²) in [6.07, 6.45) is 5.28. The number of carbonyl (C=O) groups is 4. The lowest BCUT2D eigenvalue weighted by Crippen LogP contribution is -2.39. The minimum atomic E-state index is -0.734. The number of anilines is 1. The van der Waals surface area contributed by atoms with Crippen LogP contribution < -0.4 is 16.0 Å². The first kappa shape index (κ1) is 29.9. The second kappa shape index (κ2) is 12.4. The van der Waals surface area contributed by atoms with E-state index >= 15 is 0 Å². The van der Waals surface area contributed by atoms with Gasteiger partial charge in [0.05, 0.1) is 13.7 Å². The first-order valence-corrected chi connectivity index (χ1v) is 14.3. The van der Waals surface area contributed by atoms with E-state index < -0.39 is 12.0 Å². The van der Waals surface area contributed by atoms with Crippen LogP contribution >= 0.6 is 11.3 Å². The van der Waals surface area contributed by atoms with Gasteiger partial charge in [-0.1, -0.05) is 34.6 Å². The first-order chi connectivity index (χ1) is 17.9. The molecule has 212 valence electrons. The quantitative estimate of drug-likeness (QED) is 0.336. The predicted octanol–water partition coefficient (Wildman–Crippen LogP) is 2.66. The molecule has 4 aliphatic rings. The van der Waals surface area contributed by atoms with Gasteiger partial charge < -0.3 is 25.6 Å². The highest BCUT2D eigenvalue weighted by atomic mass is 32.1. The van der Waals surface area contributed by atoms with E-state index in [0.717, 1.165) is 55.2 Å². The fraction of sp³-hybridized carbons (Fsp3) is 0.741. The molecular weight excluding hydrogens is 506 g/mol. The zero-order valence-electron chi connectivity index (χ0n) is 23.4. The van der Waals surface area contributed by atoms with E-state index in [9.17, 15) is 19.2 Å². The number of carbonyl (C=O) groups excluding carboxylic acids is 4. The number of methoxy groups -OCH3 is 1. The molecule has 3 N–H and O–H groups in total. The van der Waals surface area contributed by atoms with Crippen LogP contribution in [0.2, 0.25) is 0 Å². The molecule has 2 saturated heterocycles. The van der Waals surface area contributed by atoms with E-state index in [0.29, 0.717) is 24.8 Å². The Kier molecular flexibility index (Phi) is 9.78. The van der Waals surface area contributed by atoms with Crippen molar-refractivity contribution in [1.82, 2.24) is 20.5 Å². The Labute approximate surface area is 229 Å². The normalized spacial score (nSPS) is 25.6. The maximum atomic E-state index is 12.0. The Hall–Kier alpha value is -2.69. The smallest absolute Gasteiger partial charge is 0.328 e. The number of nitrogens with zero attached hydrogens (tertiary/aromatic N) is 2. The number of piperidine rings is 1. The third-order valence-electron chi connectivity index (χ3n) is 7.82. The lowest BCUT2D eigenvalue weighted by Gasteiger charge is -2.22. The summed E-state index contributed by atoms with van der Waals surface area (Å²) in [6.45, 7) is 13.4. The molecule has 0 radical (unpaired) electrons. The summed E-state index contributed by atoms with van der Waals surface area (Å²) in [5, 5.41) is 11.1. The van der Waals surface area contributed by atoms with Crippen molar-refractivity contribution >= 4 is 40.7 Å². The van der Waals surface area contributed by atoms with Crippen molar-refractivity contribution in [1.29, 1.82) is 0 Å². The van der Waals surface area contributed by atoms with E-state index in [4.69, 9.17) is 0 Å². The molecule has 4 atom stereocenters. The molecule has 4 fully saturated rings. The first-order valence-electron chi connectivity index (χ1n) is 13.4. The molecule has 1 spiro atoms. The van der Waals surface area contributed by atoms with E-state index in [1.54, 1.807) is 6.20 Å². The molecule has 3 heterocycles. The number of rotatable bonds is 8. The SMILES string of the molecule is CC(C)C.CC1(C)C2CN(C(=O)CNc3nccs3)CC21.COC(=O)C(CC1CC2(CC2)NC1=O)NC=O. The molecular formula is C27H43N5O5S. The molecule has 2 saturated carbocycles. The lowest BCUT2D eigenvalue weighted by atomic mass is 9.95. The van der Waals surface area contributed by atoms with Crippen molar-refractivity contribution < 1.29 is 23.9 Å².